The lowest BCUT2D eigenvalue weighted by Crippen LogP contribution is -2.74. The molecule has 6 nitrogen and oxygen atoms in total. The Balaban J connectivity index is 1.69. The molecule has 30 heavy (non-hydrogen) atoms. The van der Waals surface area contributed by atoms with Crippen molar-refractivity contribution in [1.82, 2.24) is 4.90 Å². The molecule has 2 saturated heterocycles. The fourth-order valence-electron chi connectivity index (χ4n) is 5.26. The van der Waals surface area contributed by atoms with E-state index in [1.165, 1.54) is 30.4 Å². The van der Waals surface area contributed by atoms with Crippen LogP contribution >= 0.6 is 23.5 Å². The second-order valence-electron chi connectivity index (χ2n) is 7.92. The van der Waals surface area contributed by atoms with Crippen molar-refractivity contribution >= 4 is 47.0 Å². The monoisotopic (exact) mass is 442 g/mol. The van der Waals surface area contributed by atoms with Crippen LogP contribution in [-0.2, 0) is 25.5 Å². The maximum absolute atomic E-state index is 14.2. The van der Waals surface area contributed by atoms with Crippen molar-refractivity contribution in [2.75, 3.05) is 17.4 Å². The number of nitrogens with zero attached hydrogens (tertiary/aromatic N) is 2. The van der Waals surface area contributed by atoms with Gasteiger partial charge in [0.1, 0.15) is 6.10 Å². The summed E-state index contributed by atoms with van der Waals surface area (Å²) < 4.78 is 5.57. The van der Waals surface area contributed by atoms with Crippen molar-refractivity contribution in [2.45, 2.75) is 41.7 Å². The molecule has 3 heterocycles. The van der Waals surface area contributed by atoms with Gasteiger partial charge in [0, 0.05) is 25.5 Å². The van der Waals surface area contributed by atoms with Crippen LogP contribution in [0.4, 0.5) is 5.69 Å². The SMILES string of the molecule is CS[C@@]12Cc3ccccc3N1C(=O)[C@]1(SC)CC3=CC=C[C@H](OC(C)=O)[C@H]3N1C2=O. The van der Waals surface area contributed by atoms with Crippen molar-refractivity contribution in [1.29, 1.82) is 0 Å². The Kier molecular flexibility index (Phi) is 4.38. The molecule has 1 aliphatic carbocycles. The first-order chi connectivity index (χ1) is 14.4. The van der Waals surface area contributed by atoms with E-state index in [0.717, 1.165) is 16.8 Å². The molecular weight excluding hydrogens is 420 g/mol. The van der Waals surface area contributed by atoms with Gasteiger partial charge in [-0.2, -0.15) is 0 Å². The zero-order valence-corrected chi connectivity index (χ0v) is 18.6. The molecule has 1 aromatic carbocycles. The van der Waals surface area contributed by atoms with Gasteiger partial charge < -0.3 is 9.64 Å². The van der Waals surface area contributed by atoms with E-state index in [1.807, 2.05) is 48.9 Å². The van der Waals surface area contributed by atoms with E-state index in [4.69, 9.17) is 4.74 Å². The van der Waals surface area contributed by atoms with E-state index in [1.54, 1.807) is 15.9 Å². The molecule has 156 valence electrons. The van der Waals surface area contributed by atoms with Crippen LogP contribution < -0.4 is 4.90 Å². The standard InChI is InChI=1S/C22H22N2O4S2/c1-13(25)28-17-10-6-8-15-12-22(30-3)19(26)23-16-9-5-4-7-14(16)11-21(23,29-2)20(27)24(22)18(15)17/h4-10,17-18H,11-12H2,1-3H3/t17-,18-,21+,22+/m0/s1. The minimum absolute atomic E-state index is 0.0780. The molecule has 0 radical (unpaired) electrons. The van der Waals surface area contributed by atoms with Crippen molar-refractivity contribution in [3.8, 4) is 0 Å². The van der Waals surface area contributed by atoms with E-state index in [2.05, 4.69) is 0 Å². The second-order valence-corrected chi connectivity index (χ2v) is 10.1. The molecule has 4 atom stereocenters. The molecule has 4 aliphatic rings. The highest BCUT2D eigenvalue weighted by molar-refractivity contribution is 8.01. The van der Waals surface area contributed by atoms with Gasteiger partial charge in [0.05, 0.1) is 6.04 Å². The maximum Gasteiger partial charge on any atom is 0.303 e. The molecule has 0 unspecified atom stereocenters. The Bertz CT molecular complexity index is 1040. The van der Waals surface area contributed by atoms with Gasteiger partial charge in [0.25, 0.3) is 11.8 Å². The van der Waals surface area contributed by atoms with Gasteiger partial charge >= 0.3 is 5.97 Å². The number of esters is 1. The molecule has 5 rings (SSSR count). The van der Waals surface area contributed by atoms with Crippen LogP contribution in [0.3, 0.4) is 0 Å². The van der Waals surface area contributed by atoms with Crippen LogP contribution in [0.5, 0.6) is 0 Å². The van der Waals surface area contributed by atoms with Gasteiger partial charge in [-0.1, -0.05) is 30.4 Å². The number of thioether (sulfide) groups is 2. The van der Waals surface area contributed by atoms with E-state index in [0.29, 0.717) is 12.8 Å². The van der Waals surface area contributed by atoms with Crippen molar-refractivity contribution < 1.29 is 19.1 Å². The smallest absolute Gasteiger partial charge is 0.303 e. The molecule has 1 aromatic rings. The number of amides is 2. The first-order valence-corrected chi connectivity index (χ1v) is 12.3. The molecule has 0 aromatic heterocycles. The third-order valence-electron chi connectivity index (χ3n) is 6.50. The number of hydrogen-bond donors (Lipinski definition) is 0. The third-order valence-corrected chi connectivity index (χ3v) is 8.87. The van der Waals surface area contributed by atoms with Gasteiger partial charge in [-0.05, 0) is 35.8 Å². The Morgan fingerprint density at radius 1 is 1.10 bits per heavy atom. The number of allylic oxidation sites excluding steroid dienone is 2. The lowest BCUT2D eigenvalue weighted by molar-refractivity contribution is -0.155. The second kappa shape index (κ2) is 6.65. The molecule has 2 fully saturated rings. The van der Waals surface area contributed by atoms with Crippen molar-refractivity contribution in [3.05, 3.63) is 53.6 Å². The zero-order valence-electron chi connectivity index (χ0n) is 17.0. The number of carbonyl (C=O) groups excluding carboxylic acids is 3. The molecule has 8 heteroatoms. The van der Waals surface area contributed by atoms with Crippen LogP contribution in [-0.4, -0.2) is 57.1 Å². The predicted octanol–water partition coefficient (Wildman–Crippen LogP) is 2.74. The Morgan fingerprint density at radius 2 is 1.83 bits per heavy atom. The number of ether oxygens (including phenoxy) is 1. The number of rotatable bonds is 3. The average Bonchev–Trinajstić information content (AvgIpc) is 3.27. The summed E-state index contributed by atoms with van der Waals surface area (Å²) in [6, 6.07) is 7.29. The van der Waals surface area contributed by atoms with E-state index in [-0.39, 0.29) is 11.8 Å². The molecule has 0 N–H and O–H groups in total. The molecule has 0 saturated carbocycles. The Labute approximate surface area is 183 Å². The van der Waals surface area contributed by atoms with Gasteiger partial charge in [-0.25, -0.2) is 0 Å². The summed E-state index contributed by atoms with van der Waals surface area (Å²) in [4.78, 5) is 41.5. The van der Waals surface area contributed by atoms with Gasteiger partial charge in [0.15, 0.2) is 9.74 Å². The normalized spacial score (nSPS) is 33.6. The van der Waals surface area contributed by atoms with Gasteiger partial charge in [-0.15, -0.1) is 23.5 Å². The maximum atomic E-state index is 14.2. The lowest BCUT2D eigenvalue weighted by Gasteiger charge is -2.52. The fraction of sp³-hybridized carbons (Fsp3) is 0.409. The highest BCUT2D eigenvalue weighted by atomic mass is 32.2. The van der Waals surface area contributed by atoms with Gasteiger partial charge in [0.2, 0.25) is 0 Å². The van der Waals surface area contributed by atoms with Crippen LogP contribution in [0.25, 0.3) is 0 Å². The quantitative estimate of drug-likeness (QED) is 0.671. The van der Waals surface area contributed by atoms with Gasteiger partial charge in [-0.3, -0.25) is 19.3 Å². The third kappa shape index (κ3) is 2.32. The van der Waals surface area contributed by atoms with E-state index in [9.17, 15) is 14.4 Å². The highest BCUT2D eigenvalue weighted by Gasteiger charge is 2.70. The Morgan fingerprint density at radius 3 is 2.53 bits per heavy atom. The number of para-hydroxylation sites is 1. The molecule has 0 bridgehead atoms. The van der Waals surface area contributed by atoms with E-state index >= 15 is 0 Å². The summed E-state index contributed by atoms with van der Waals surface area (Å²) in [5, 5.41) is 0. The number of benzene rings is 1. The largest absolute Gasteiger partial charge is 0.456 e. The number of anilines is 1. The summed E-state index contributed by atoms with van der Waals surface area (Å²) in [6.07, 6.45) is 9.65. The Hall–Kier alpha value is -2.19. The summed E-state index contributed by atoms with van der Waals surface area (Å²) in [6.45, 7) is 1.37. The number of piperazine rings is 1. The summed E-state index contributed by atoms with van der Waals surface area (Å²) >= 11 is 2.80. The highest BCUT2D eigenvalue weighted by Crippen LogP contribution is 2.58. The first kappa shape index (κ1) is 19.8. The molecule has 2 amide bonds. The van der Waals surface area contributed by atoms with Crippen LogP contribution in [0.2, 0.25) is 0 Å². The van der Waals surface area contributed by atoms with Crippen molar-refractivity contribution in [2.24, 2.45) is 0 Å². The lowest BCUT2D eigenvalue weighted by atomic mass is 9.96. The topological polar surface area (TPSA) is 66.9 Å². The average molecular weight is 443 g/mol. The zero-order chi connectivity index (χ0) is 21.3. The molecule has 3 aliphatic heterocycles. The fourth-order valence-corrected chi connectivity index (χ4v) is 7.16. The van der Waals surface area contributed by atoms with Crippen LogP contribution in [0.15, 0.2) is 48.1 Å². The predicted molar refractivity (Wildman–Crippen MR) is 118 cm³/mol. The summed E-state index contributed by atoms with van der Waals surface area (Å²) in [5.74, 6) is -0.579. The summed E-state index contributed by atoms with van der Waals surface area (Å²) in [7, 11) is 0. The minimum atomic E-state index is -1.05. The molecule has 0 spiro atoms. The first-order valence-electron chi connectivity index (χ1n) is 9.81. The van der Waals surface area contributed by atoms with Crippen LogP contribution in [0.1, 0.15) is 18.9 Å². The minimum Gasteiger partial charge on any atom is -0.456 e. The van der Waals surface area contributed by atoms with Crippen LogP contribution in [0, 0.1) is 0 Å². The number of hydrogen-bond acceptors (Lipinski definition) is 6. The number of fused-ring (bicyclic) bond motifs is 6. The summed E-state index contributed by atoms with van der Waals surface area (Å²) in [5.41, 5.74) is 2.77. The van der Waals surface area contributed by atoms with Crippen molar-refractivity contribution in [3.63, 3.8) is 0 Å². The number of carbonyl (C=O) groups is 3. The molecular formula is C22H22N2O4S2. The van der Waals surface area contributed by atoms with E-state index < -0.39 is 27.9 Å².